The predicted octanol–water partition coefficient (Wildman–Crippen LogP) is 1.70. The fourth-order valence-corrected chi connectivity index (χ4v) is 1.28. The van der Waals surface area contributed by atoms with Crippen LogP contribution >= 0.6 is 0 Å². The Morgan fingerprint density at radius 2 is 2.12 bits per heavy atom. The molecule has 1 aromatic carbocycles. The summed E-state index contributed by atoms with van der Waals surface area (Å²) < 4.78 is 5.02. The molecule has 16 heavy (non-hydrogen) atoms. The van der Waals surface area contributed by atoms with Crippen molar-refractivity contribution in [3.8, 4) is 5.75 Å². The number of rotatable bonds is 5. The lowest BCUT2D eigenvalue weighted by atomic mass is 10.1. The van der Waals surface area contributed by atoms with E-state index in [4.69, 9.17) is 10.5 Å². The molecule has 0 bridgehead atoms. The highest BCUT2D eigenvalue weighted by Gasteiger charge is 1.99. The van der Waals surface area contributed by atoms with Crippen molar-refractivity contribution in [3.05, 3.63) is 51.8 Å². The molecule has 0 aliphatic carbocycles. The first kappa shape index (κ1) is 12.0. The fraction of sp³-hybridized carbons (Fsp3) is 0.273. The molecule has 2 N–H and O–H groups in total. The SMILES string of the molecule is COc1ccc(CC/C(N)=C/[N+](=O)[O-])cc1. The van der Waals surface area contributed by atoms with Gasteiger partial charge in [-0.1, -0.05) is 12.1 Å². The maximum absolute atomic E-state index is 10.1. The minimum absolute atomic E-state index is 0.279. The Morgan fingerprint density at radius 3 is 2.62 bits per heavy atom. The average Bonchev–Trinajstić information content (AvgIpc) is 2.26. The van der Waals surface area contributed by atoms with Gasteiger partial charge in [0.05, 0.1) is 17.7 Å². The zero-order valence-electron chi connectivity index (χ0n) is 9.05. The summed E-state index contributed by atoms with van der Waals surface area (Å²) in [7, 11) is 1.60. The molecule has 0 spiro atoms. The van der Waals surface area contributed by atoms with E-state index in [2.05, 4.69) is 0 Å². The standard InChI is InChI=1S/C11H14N2O3/c1-16-11-6-3-9(4-7-11)2-5-10(12)8-13(14)15/h3-4,6-8H,2,5,12H2,1H3/b10-8-. The van der Waals surface area contributed by atoms with Gasteiger partial charge in [0.2, 0.25) is 0 Å². The lowest BCUT2D eigenvalue weighted by Gasteiger charge is -2.02. The van der Waals surface area contributed by atoms with Crippen LogP contribution in [0.25, 0.3) is 0 Å². The Morgan fingerprint density at radius 1 is 1.50 bits per heavy atom. The molecule has 0 saturated heterocycles. The molecule has 1 aromatic rings. The van der Waals surface area contributed by atoms with E-state index in [1.807, 2.05) is 24.3 Å². The van der Waals surface area contributed by atoms with E-state index >= 15 is 0 Å². The topological polar surface area (TPSA) is 78.4 Å². The molecular formula is C11H14N2O3. The van der Waals surface area contributed by atoms with Crippen molar-refractivity contribution in [3.63, 3.8) is 0 Å². The smallest absolute Gasteiger partial charge is 0.252 e. The molecule has 0 radical (unpaired) electrons. The van der Waals surface area contributed by atoms with Gasteiger partial charge in [0.1, 0.15) is 5.75 Å². The highest BCUT2D eigenvalue weighted by Crippen LogP contribution is 2.13. The van der Waals surface area contributed by atoms with Gasteiger partial charge in [-0.15, -0.1) is 0 Å². The van der Waals surface area contributed by atoms with Crippen molar-refractivity contribution in [2.75, 3.05) is 7.11 Å². The van der Waals surface area contributed by atoms with Crippen LogP contribution < -0.4 is 10.5 Å². The third kappa shape index (κ3) is 4.00. The molecule has 0 atom stereocenters. The second kappa shape index (κ2) is 5.75. The van der Waals surface area contributed by atoms with Crippen LogP contribution in [-0.4, -0.2) is 12.0 Å². The lowest BCUT2D eigenvalue weighted by Crippen LogP contribution is -2.02. The van der Waals surface area contributed by atoms with Gasteiger partial charge in [0.15, 0.2) is 0 Å². The minimum atomic E-state index is -0.538. The zero-order chi connectivity index (χ0) is 12.0. The van der Waals surface area contributed by atoms with Crippen molar-refractivity contribution in [2.45, 2.75) is 12.8 Å². The van der Waals surface area contributed by atoms with Crippen molar-refractivity contribution >= 4 is 0 Å². The first-order valence-electron chi connectivity index (χ1n) is 4.84. The number of hydrogen-bond acceptors (Lipinski definition) is 4. The van der Waals surface area contributed by atoms with E-state index in [9.17, 15) is 10.1 Å². The number of methoxy groups -OCH3 is 1. The third-order valence-electron chi connectivity index (χ3n) is 2.13. The van der Waals surface area contributed by atoms with E-state index in [1.54, 1.807) is 7.11 Å². The van der Waals surface area contributed by atoms with Gasteiger partial charge in [0.25, 0.3) is 6.20 Å². The quantitative estimate of drug-likeness (QED) is 0.607. The summed E-state index contributed by atoms with van der Waals surface area (Å²) in [6.07, 6.45) is 2.00. The van der Waals surface area contributed by atoms with Crippen molar-refractivity contribution in [1.29, 1.82) is 0 Å². The first-order valence-corrected chi connectivity index (χ1v) is 4.84. The summed E-state index contributed by atoms with van der Waals surface area (Å²) in [6, 6.07) is 7.53. The summed E-state index contributed by atoms with van der Waals surface area (Å²) in [5.41, 5.74) is 6.82. The number of ether oxygens (including phenoxy) is 1. The monoisotopic (exact) mass is 222 g/mol. The second-order valence-electron chi connectivity index (χ2n) is 3.34. The van der Waals surface area contributed by atoms with Crippen molar-refractivity contribution in [1.82, 2.24) is 0 Å². The fourth-order valence-electron chi connectivity index (χ4n) is 1.28. The van der Waals surface area contributed by atoms with Crippen LogP contribution in [0.1, 0.15) is 12.0 Å². The number of nitrogens with two attached hydrogens (primary N) is 1. The number of benzene rings is 1. The highest BCUT2D eigenvalue weighted by molar-refractivity contribution is 5.27. The zero-order valence-corrected chi connectivity index (χ0v) is 9.05. The van der Waals surface area contributed by atoms with Crippen LogP contribution in [0.4, 0.5) is 0 Å². The summed E-state index contributed by atoms with van der Waals surface area (Å²) in [4.78, 5) is 9.60. The first-order chi connectivity index (χ1) is 7.61. The molecule has 5 heteroatoms. The molecule has 1 rings (SSSR count). The van der Waals surface area contributed by atoms with Crippen molar-refractivity contribution in [2.24, 2.45) is 5.73 Å². The van der Waals surface area contributed by atoms with Gasteiger partial charge in [-0.25, -0.2) is 0 Å². The molecular weight excluding hydrogens is 208 g/mol. The largest absolute Gasteiger partial charge is 0.497 e. The molecule has 0 saturated carbocycles. The molecule has 5 nitrogen and oxygen atoms in total. The maximum atomic E-state index is 10.1. The Balaban J connectivity index is 2.51. The second-order valence-corrected chi connectivity index (χ2v) is 3.34. The van der Waals surface area contributed by atoms with Gasteiger partial charge in [-0.2, -0.15) is 0 Å². The predicted molar refractivity (Wildman–Crippen MR) is 60.6 cm³/mol. The van der Waals surface area contributed by atoms with E-state index in [1.165, 1.54) is 0 Å². The van der Waals surface area contributed by atoms with Gasteiger partial charge < -0.3 is 10.5 Å². The Kier molecular flexibility index (Phi) is 4.32. The minimum Gasteiger partial charge on any atom is -0.497 e. The molecule has 0 aliphatic heterocycles. The number of hydrogen-bond donors (Lipinski definition) is 1. The third-order valence-corrected chi connectivity index (χ3v) is 2.13. The number of nitrogens with zero attached hydrogens (tertiary/aromatic N) is 1. The molecule has 0 aromatic heterocycles. The van der Waals surface area contributed by atoms with E-state index in [-0.39, 0.29) is 5.70 Å². The van der Waals surface area contributed by atoms with Gasteiger partial charge in [-0.3, -0.25) is 10.1 Å². The van der Waals surface area contributed by atoms with Crippen LogP contribution in [0.3, 0.4) is 0 Å². The Labute approximate surface area is 93.7 Å². The number of aryl methyl sites for hydroxylation is 1. The summed E-state index contributed by atoms with van der Waals surface area (Å²) >= 11 is 0. The van der Waals surface area contributed by atoms with Crippen LogP contribution in [0.2, 0.25) is 0 Å². The molecule has 86 valence electrons. The van der Waals surface area contributed by atoms with Gasteiger partial charge in [-0.05, 0) is 30.5 Å². The van der Waals surface area contributed by atoms with Crippen LogP contribution in [0.5, 0.6) is 5.75 Å². The molecule has 0 heterocycles. The lowest BCUT2D eigenvalue weighted by molar-refractivity contribution is -0.403. The maximum Gasteiger partial charge on any atom is 0.252 e. The van der Waals surface area contributed by atoms with Crippen LogP contribution in [0.15, 0.2) is 36.2 Å². The Hall–Kier alpha value is -2.04. The molecule has 0 aliphatic rings. The van der Waals surface area contributed by atoms with E-state index in [0.717, 1.165) is 17.5 Å². The van der Waals surface area contributed by atoms with E-state index < -0.39 is 4.92 Å². The number of allylic oxidation sites excluding steroid dienone is 1. The van der Waals surface area contributed by atoms with Gasteiger partial charge in [0, 0.05) is 0 Å². The summed E-state index contributed by atoms with van der Waals surface area (Å²) in [6.45, 7) is 0. The summed E-state index contributed by atoms with van der Waals surface area (Å²) in [5.74, 6) is 0.789. The van der Waals surface area contributed by atoms with Gasteiger partial charge >= 0.3 is 0 Å². The highest BCUT2D eigenvalue weighted by atomic mass is 16.6. The molecule has 0 unspecified atom stereocenters. The molecule has 0 amide bonds. The summed E-state index contributed by atoms with van der Waals surface area (Å²) in [5, 5.41) is 10.1. The normalized spacial score (nSPS) is 11.2. The molecule has 0 fully saturated rings. The van der Waals surface area contributed by atoms with Crippen LogP contribution in [0, 0.1) is 10.1 Å². The van der Waals surface area contributed by atoms with Crippen LogP contribution in [-0.2, 0) is 6.42 Å². The van der Waals surface area contributed by atoms with E-state index in [0.29, 0.717) is 12.8 Å². The number of nitro groups is 1. The van der Waals surface area contributed by atoms with Crippen molar-refractivity contribution < 1.29 is 9.66 Å². The Bertz CT molecular complexity index is 385. The average molecular weight is 222 g/mol.